The Balaban J connectivity index is 4.01. The van der Waals surface area contributed by atoms with Gasteiger partial charge in [-0.3, -0.25) is 18.6 Å². The molecular formula is C71H116NO8P. The number of nitrogens with two attached hydrogens (primary N) is 1. The van der Waals surface area contributed by atoms with Crippen molar-refractivity contribution in [1.82, 2.24) is 0 Å². The number of phosphoric ester groups is 1. The van der Waals surface area contributed by atoms with Crippen LogP contribution in [0.15, 0.2) is 158 Å². The van der Waals surface area contributed by atoms with Crippen LogP contribution < -0.4 is 5.73 Å². The lowest BCUT2D eigenvalue weighted by atomic mass is 10.1. The van der Waals surface area contributed by atoms with Gasteiger partial charge in [0.05, 0.1) is 13.2 Å². The van der Waals surface area contributed by atoms with E-state index in [-0.39, 0.29) is 32.6 Å². The molecule has 0 aliphatic heterocycles. The summed E-state index contributed by atoms with van der Waals surface area (Å²) in [5, 5.41) is 0. The maximum atomic E-state index is 12.7. The van der Waals surface area contributed by atoms with Gasteiger partial charge in [-0.25, -0.2) is 4.57 Å². The molecule has 0 saturated heterocycles. The molecule has 0 heterocycles. The third kappa shape index (κ3) is 64.7. The van der Waals surface area contributed by atoms with Gasteiger partial charge in [0.25, 0.3) is 0 Å². The Kier molecular flexibility index (Phi) is 61.3. The van der Waals surface area contributed by atoms with Crippen molar-refractivity contribution in [3.63, 3.8) is 0 Å². The molecule has 0 aromatic carbocycles. The van der Waals surface area contributed by atoms with E-state index in [0.29, 0.717) is 6.42 Å². The summed E-state index contributed by atoms with van der Waals surface area (Å²) < 4.78 is 33.1. The van der Waals surface area contributed by atoms with Gasteiger partial charge in [-0.2, -0.15) is 0 Å². The van der Waals surface area contributed by atoms with Crippen molar-refractivity contribution < 1.29 is 37.6 Å². The molecule has 2 unspecified atom stereocenters. The molecule has 0 aromatic heterocycles. The van der Waals surface area contributed by atoms with Gasteiger partial charge in [-0.05, 0) is 128 Å². The molecule has 458 valence electrons. The van der Waals surface area contributed by atoms with E-state index < -0.39 is 32.5 Å². The number of phosphoric acid groups is 1. The van der Waals surface area contributed by atoms with Crippen molar-refractivity contribution in [2.24, 2.45) is 5.73 Å². The predicted molar refractivity (Wildman–Crippen MR) is 348 cm³/mol. The van der Waals surface area contributed by atoms with Gasteiger partial charge in [-0.15, -0.1) is 0 Å². The first kappa shape index (κ1) is 76.6. The van der Waals surface area contributed by atoms with Crippen LogP contribution in [0.2, 0.25) is 0 Å². The molecule has 0 amide bonds. The van der Waals surface area contributed by atoms with Crippen LogP contribution in [-0.4, -0.2) is 49.3 Å². The Morgan fingerprint density at radius 1 is 0.383 bits per heavy atom. The predicted octanol–water partition coefficient (Wildman–Crippen LogP) is 20.8. The fourth-order valence-electron chi connectivity index (χ4n) is 8.20. The molecule has 0 radical (unpaired) electrons. The second-order valence-electron chi connectivity index (χ2n) is 20.5. The largest absolute Gasteiger partial charge is 0.472 e. The minimum Gasteiger partial charge on any atom is -0.462 e. The van der Waals surface area contributed by atoms with Gasteiger partial charge in [0, 0.05) is 19.4 Å². The van der Waals surface area contributed by atoms with Crippen LogP contribution in [0.5, 0.6) is 0 Å². The first-order valence-electron chi connectivity index (χ1n) is 32.0. The summed E-state index contributed by atoms with van der Waals surface area (Å²) in [5.74, 6) is -0.853. The van der Waals surface area contributed by atoms with Gasteiger partial charge in [0.15, 0.2) is 6.10 Å². The highest BCUT2D eigenvalue weighted by Crippen LogP contribution is 2.43. The highest BCUT2D eigenvalue weighted by Gasteiger charge is 2.26. The Morgan fingerprint density at radius 3 is 1.01 bits per heavy atom. The second kappa shape index (κ2) is 64.8. The molecule has 0 aliphatic carbocycles. The zero-order valence-electron chi connectivity index (χ0n) is 51.2. The SMILES string of the molecule is CC/C=C\C/C=C\C/C=C\C/C=C\C/C=C\C/C=C\C/C=C\C/C=C\C/C=C\C/C=C\C/C=C\CCCCCCCCCC(=O)OC(COC(=O)CCCCCCCCCCC/C=C\C/C=C\CCCCC)COP(=O)(O)OCCN. The summed E-state index contributed by atoms with van der Waals surface area (Å²) >= 11 is 0. The van der Waals surface area contributed by atoms with Gasteiger partial charge in [-0.1, -0.05) is 262 Å². The zero-order valence-corrected chi connectivity index (χ0v) is 52.1. The fourth-order valence-corrected chi connectivity index (χ4v) is 8.96. The van der Waals surface area contributed by atoms with Crippen LogP contribution in [0.1, 0.15) is 245 Å². The number of allylic oxidation sites excluding steroid dienone is 26. The highest BCUT2D eigenvalue weighted by atomic mass is 31.2. The van der Waals surface area contributed by atoms with Gasteiger partial charge < -0.3 is 20.1 Å². The number of ether oxygens (including phenoxy) is 2. The maximum absolute atomic E-state index is 12.7. The Hall–Kier alpha value is -4.37. The average Bonchev–Trinajstić information content (AvgIpc) is 3.46. The molecule has 0 fully saturated rings. The van der Waals surface area contributed by atoms with E-state index in [1.54, 1.807) is 0 Å². The van der Waals surface area contributed by atoms with E-state index >= 15 is 0 Å². The summed E-state index contributed by atoms with van der Waals surface area (Å²) in [6, 6.07) is 0. The molecule has 0 aliphatic rings. The minimum atomic E-state index is -4.40. The molecule has 2 atom stereocenters. The Bertz CT molecular complexity index is 1880. The third-order valence-electron chi connectivity index (χ3n) is 12.9. The van der Waals surface area contributed by atoms with E-state index in [9.17, 15) is 19.0 Å². The van der Waals surface area contributed by atoms with E-state index in [2.05, 4.69) is 172 Å². The standard InChI is InChI=1S/C71H116NO8P/c1-3-5-7-9-11-13-15-17-19-21-23-24-25-26-27-28-29-30-31-32-33-34-35-36-37-38-39-40-41-42-43-44-46-48-50-52-54-56-58-60-62-64-71(74)80-69(68-79-81(75,76)78-66-65-72)67-77-70(73)63-61-59-57-55-53-51-49-47-45-22-20-18-16-14-12-10-8-6-4-2/h5,7,11-14,17-20,23-24,26-27,29-30,32-33,35-36,38-39,41-42,44,46,69H,3-4,6,8-10,15-16,21-22,25,28,31,34,37,40,43,45,47-68,72H2,1-2H3,(H,75,76)/b7-5-,13-11-,14-12-,19-17-,20-18-,24-23-,27-26-,30-29-,33-32-,36-35-,39-38-,42-41-,46-44-. The van der Waals surface area contributed by atoms with Crippen molar-refractivity contribution >= 4 is 19.8 Å². The van der Waals surface area contributed by atoms with Crippen LogP contribution in [0.25, 0.3) is 0 Å². The monoisotopic (exact) mass is 1140 g/mol. The summed E-state index contributed by atoms with van der Waals surface area (Å²) in [5.41, 5.74) is 5.39. The minimum absolute atomic E-state index is 0.0433. The maximum Gasteiger partial charge on any atom is 0.472 e. The van der Waals surface area contributed by atoms with Crippen LogP contribution in [0, 0.1) is 0 Å². The number of hydrogen-bond acceptors (Lipinski definition) is 8. The molecule has 0 spiro atoms. The number of carbonyl (C=O) groups excluding carboxylic acids is 2. The van der Waals surface area contributed by atoms with Gasteiger partial charge in [0.1, 0.15) is 6.61 Å². The third-order valence-corrected chi connectivity index (χ3v) is 13.9. The van der Waals surface area contributed by atoms with Crippen molar-refractivity contribution in [3.8, 4) is 0 Å². The number of carbonyl (C=O) groups is 2. The van der Waals surface area contributed by atoms with Crippen molar-refractivity contribution in [3.05, 3.63) is 158 Å². The molecule has 3 N–H and O–H groups in total. The van der Waals surface area contributed by atoms with Gasteiger partial charge >= 0.3 is 19.8 Å². The number of hydrogen-bond donors (Lipinski definition) is 2. The lowest BCUT2D eigenvalue weighted by Crippen LogP contribution is -2.29. The molecule has 10 heteroatoms. The van der Waals surface area contributed by atoms with E-state index in [1.165, 1.54) is 70.6 Å². The van der Waals surface area contributed by atoms with Crippen LogP contribution in [0.4, 0.5) is 0 Å². The summed E-state index contributed by atoms with van der Waals surface area (Å²) in [7, 11) is -4.40. The molecule has 0 rings (SSSR count). The lowest BCUT2D eigenvalue weighted by Gasteiger charge is -2.19. The first-order chi connectivity index (χ1) is 39.8. The van der Waals surface area contributed by atoms with Crippen molar-refractivity contribution in [1.29, 1.82) is 0 Å². The summed E-state index contributed by atoms with van der Waals surface area (Å²) in [4.78, 5) is 35.2. The number of esters is 2. The second-order valence-corrected chi connectivity index (χ2v) is 22.0. The molecule has 0 saturated carbocycles. The Labute approximate surface area is 496 Å². The topological polar surface area (TPSA) is 134 Å². The normalized spacial score (nSPS) is 14.1. The number of unbranched alkanes of at least 4 members (excludes halogenated alkanes) is 19. The molecule has 9 nitrogen and oxygen atoms in total. The smallest absolute Gasteiger partial charge is 0.462 e. The van der Waals surface area contributed by atoms with E-state index in [0.717, 1.165) is 141 Å². The first-order valence-corrected chi connectivity index (χ1v) is 33.5. The van der Waals surface area contributed by atoms with E-state index in [4.69, 9.17) is 24.3 Å². The Morgan fingerprint density at radius 2 is 0.679 bits per heavy atom. The van der Waals surface area contributed by atoms with Gasteiger partial charge in [0.2, 0.25) is 0 Å². The average molecular weight is 1140 g/mol. The lowest BCUT2D eigenvalue weighted by molar-refractivity contribution is -0.161. The summed E-state index contributed by atoms with van der Waals surface area (Å²) in [6.07, 6.45) is 94.5. The molecular weight excluding hydrogens is 1030 g/mol. The van der Waals surface area contributed by atoms with Crippen molar-refractivity contribution in [2.75, 3.05) is 26.4 Å². The van der Waals surface area contributed by atoms with Crippen LogP contribution in [-0.2, 0) is 32.7 Å². The molecule has 0 aromatic rings. The highest BCUT2D eigenvalue weighted by molar-refractivity contribution is 7.47. The van der Waals surface area contributed by atoms with E-state index in [1.807, 2.05) is 0 Å². The number of rotatable bonds is 58. The van der Waals surface area contributed by atoms with Crippen LogP contribution >= 0.6 is 7.82 Å². The van der Waals surface area contributed by atoms with Crippen LogP contribution in [0.3, 0.4) is 0 Å². The zero-order chi connectivity index (χ0) is 58.7. The molecule has 0 bridgehead atoms. The molecule has 81 heavy (non-hydrogen) atoms. The fraction of sp³-hybridized carbons (Fsp3) is 0.606. The summed E-state index contributed by atoms with van der Waals surface area (Å²) in [6.45, 7) is 3.58. The van der Waals surface area contributed by atoms with Crippen molar-refractivity contribution in [2.45, 2.75) is 251 Å². The quantitative estimate of drug-likeness (QED) is 0.0264.